The fraction of sp³-hybridized carbons (Fsp3) is 0.368. The minimum atomic E-state index is -0.332. The van der Waals surface area contributed by atoms with Crippen molar-refractivity contribution >= 4 is 28.2 Å². The number of anilines is 1. The molecule has 0 spiro atoms. The van der Waals surface area contributed by atoms with Gasteiger partial charge in [-0.25, -0.2) is 0 Å². The van der Waals surface area contributed by atoms with Gasteiger partial charge in [0.15, 0.2) is 11.6 Å². The van der Waals surface area contributed by atoms with Crippen molar-refractivity contribution in [1.29, 1.82) is 0 Å². The maximum Gasteiger partial charge on any atom is 0.291 e. The van der Waals surface area contributed by atoms with Crippen LogP contribution in [0, 0.1) is 13.8 Å². The molecule has 0 unspecified atom stereocenters. The molecule has 2 amide bonds. The molecule has 0 radical (unpaired) electrons. The molecule has 146 valence electrons. The van der Waals surface area contributed by atoms with Gasteiger partial charge in [0.1, 0.15) is 0 Å². The van der Waals surface area contributed by atoms with E-state index in [9.17, 15) is 9.59 Å². The summed E-state index contributed by atoms with van der Waals surface area (Å²) in [6, 6.07) is 5.06. The van der Waals surface area contributed by atoms with E-state index in [1.807, 2.05) is 17.9 Å². The first-order chi connectivity index (χ1) is 13.5. The van der Waals surface area contributed by atoms with Gasteiger partial charge >= 0.3 is 0 Å². The van der Waals surface area contributed by atoms with Crippen LogP contribution in [0.2, 0.25) is 0 Å². The number of carbonyl (C=O) groups is 2. The van der Waals surface area contributed by atoms with Crippen molar-refractivity contribution in [2.24, 2.45) is 0 Å². The first-order valence-electron chi connectivity index (χ1n) is 9.06. The molecule has 4 rings (SSSR count). The average molecular weight is 400 g/mol. The van der Waals surface area contributed by atoms with Crippen LogP contribution in [0.4, 0.5) is 5.00 Å². The molecule has 28 heavy (non-hydrogen) atoms. The lowest BCUT2D eigenvalue weighted by atomic mass is 9.96. The summed E-state index contributed by atoms with van der Waals surface area (Å²) in [5.41, 5.74) is 0.847. The Labute approximate surface area is 165 Å². The van der Waals surface area contributed by atoms with Gasteiger partial charge in [-0.2, -0.15) is 4.98 Å². The smallest absolute Gasteiger partial charge is 0.291 e. The molecule has 1 aliphatic heterocycles. The van der Waals surface area contributed by atoms with Gasteiger partial charge in [-0.15, -0.1) is 11.3 Å². The number of furan rings is 1. The van der Waals surface area contributed by atoms with E-state index in [0.29, 0.717) is 34.7 Å². The molecule has 3 aromatic rings. The van der Waals surface area contributed by atoms with Crippen LogP contribution in [-0.4, -0.2) is 39.9 Å². The monoisotopic (exact) mass is 400 g/mol. The van der Waals surface area contributed by atoms with Gasteiger partial charge in [-0.1, -0.05) is 5.16 Å². The van der Waals surface area contributed by atoms with Gasteiger partial charge in [-0.05, 0) is 50.5 Å². The Hall–Kier alpha value is -2.94. The van der Waals surface area contributed by atoms with Crippen LogP contribution in [0.1, 0.15) is 56.3 Å². The van der Waals surface area contributed by atoms with E-state index in [4.69, 9.17) is 8.94 Å². The van der Waals surface area contributed by atoms with E-state index >= 15 is 0 Å². The molecular formula is C19H20N4O4S. The van der Waals surface area contributed by atoms with Crippen LogP contribution in [0.25, 0.3) is 0 Å². The van der Waals surface area contributed by atoms with Crippen LogP contribution in [0.15, 0.2) is 33.4 Å². The van der Waals surface area contributed by atoms with E-state index in [1.54, 1.807) is 19.1 Å². The Morgan fingerprint density at radius 3 is 2.71 bits per heavy atom. The third-order valence-corrected chi connectivity index (χ3v) is 5.91. The number of aromatic nitrogens is 2. The third-order valence-electron chi connectivity index (χ3n) is 4.77. The molecule has 0 aromatic carbocycles. The van der Waals surface area contributed by atoms with Gasteiger partial charge in [0.05, 0.1) is 16.1 Å². The number of hydrogen-bond acceptors (Lipinski definition) is 7. The second-order valence-electron chi connectivity index (χ2n) is 6.80. The number of amides is 2. The Morgan fingerprint density at radius 1 is 1.29 bits per heavy atom. The Kier molecular flexibility index (Phi) is 4.99. The first kappa shape index (κ1) is 18.4. The number of aryl methyl sites for hydroxylation is 2. The second kappa shape index (κ2) is 7.59. The fourth-order valence-electron chi connectivity index (χ4n) is 3.29. The Morgan fingerprint density at radius 2 is 2.07 bits per heavy atom. The summed E-state index contributed by atoms with van der Waals surface area (Å²) in [5.74, 6) is 1.36. The number of likely N-dealkylation sites (tertiary alicyclic amines) is 1. The molecule has 1 N–H and O–H groups in total. The molecule has 8 nitrogen and oxygen atoms in total. The van der Waals surface area contributed by atoms with Gasteiger partial charge in [0, 0.05) is 19.0 Å². The summed E-state index contributed by atoms with van der Waals surface area (Å²) in [4.78, 5) is 31.9. The standard InChI is InChI=1S/C19H20N4O4S/c1-11-10-15(21-17(24)14-4-3-9-26-14)28-16(11)19(25)23-7-5-13(6-8-23)18-20-12(2)22-27-18/h3-4,9-10,13H,5-8H2,1-2H3,(H,21,24). The van der Waals surface area contributed by atoms with E-state index in [1.165, 1.54) is 17.6 Å². The average Bonchev–Trinajstić information content (AvgIpc) is 3.43. The van der Waals surface area contributed by atoms with Crippen molar-refractivity contribution in [2.45, 2.75) is 32.6 Å². The van der Waals surface area contributed by atoms with Crippen molar-refractivity contribution in [3.05, 3.63) is 52.4 Å². The summed E-state index contributed by atoms with van der Waals surface area (Å²) in [5, 5.41) is 7.25. The highest BCUT2D eigenvalue weighted by Gasteiger charge is 2.29. The van der Waals surface area contributed by atoms with Crippen molar-refractivity contribution < 1.29 is 18.5 Å². The van der Waals surface area contributed by atoms with Crippen molar-refractivity contribution in [3.8, 4) is 0 Å². The molecule has 0 atom stereocenters. The van der Waals surface area contributed by atoms with Gasteiger partial charge in [-0.3, -0.25) is 9.59 Å². The molecule has 1 saturated heterocycles. The number of thiophene rings is 1. The highest BCUT2D eigenvalue weighted by Crippen LogP contribution is 2.31. The molecule has 9 heteroatoms. The lowest BCUT2D eigenvalue weighted by Gasteiger charge is -2.30. The quantitative estimate of drug-likeness (QED) is 0.718. The van der Waals surface area contributed by atoms with Crippen LogP contribution >= 0.6 is 11.3 Å². The lowest BCUT2D eigenvalue weighted by Crippen LogP contribution is -2.37. The minimum Gasteiger partial charge on any atom is -0.459 e. The zero-order valence-electron chi connectivity index (χ0n) is 15.6. The zero-order chi connectivity index (χ0) is 19.7. The molecule has 0 bridgehead atoms. The maximum absolute atomic E-state index is 12.9. The Bertz CT molecular complexity index is 984. The number of rotatable bonds is 4. The molecule has 0 aliphatic carbocycles. The number of hydrogen-bond donors (Lipinski definition) is 1. The van der Waals surface area contributed by atoms with E-state index in [0.717, 1.165) is 18.4 Å². The summed E-state index contributed by atoms with van der Waals surface area (Å²) in [7, 11) is 0. The third kappa shape index (κ3) is 3.70. The van der Waals surface area contributed by atoms with Crippen LogP contribution in [0.5, 0.6) is 0 Å². The minimum absolute atomic E-state index is 0.0128. The maximum atomic E-state index is 12.9. The van der Waals surface area contributed by atoms with E-state index in [2.05, 4.69) is 15.5 Å². The summed E-state index contributed by atoms with van der Waals surface area (Å²) < 4.78 is 10.4. The number of piperidine rings is 1. The zero-order valence-corrected chi connectivity index (χ0v) is 16.4. The fourth-order valence-corrected chi connectivity index (χ4v) is 4.33. The highest BCUT2D eigenvalue weighted by atomic mass is 32.1. The molecule has 3 aromatic heterocycles. The largest absolute Gasteiger partial charge is 0.459 e. The van der Waals surface area contributed by atoms with Crippen molar-refractivity contribution in [3.63, 3.8) is 0 Å². The lowest BCUT2D eigenvalue weighted by molar-refractivity contribution is 0.0708. The van der Waals surface area contributed by atoms with Gasteiger partial charge < -0.3 is 19.2 Å². The summed E-state index contributed by atoms with van der Waals surface area (Å²) in [6.45, 7) is 4.94. The van der Waals surface area contributed by atoms with Crippen LogP contribution in [-0.2, 0) is 0 Å². The topological polar surface area (TPSA) is 101 Å². The highest BCUT2D eigenvalue weighted by molar-refractivity contribution is 7.18. The molecule has 1 aliphatic rings. The molecule has 1 fully saturated rings. The van der Waals surface area contributed by atoms with Crippen LogP contribution < -0.4 is 5.32 Å². The second-order valence-corrected chi connectivity index (χ2v) is 7.85. The molecular weight excluding hydrogens is 380 g/mol. The van der Waals surface area contributed by atoms with Crippen LogP contribution in [0.3, 0.4) is 0 Å². The number of nitrogens with one attached hydrogen (secondary N) is 1. The normalized spacial score (nSPS) is 15.0. The Balaban J connectivity index is 1.40. The van der Waals surface area contributed by atoms with E-state index < -0.39 is 0 Å². The van der Waals surface area contributed by atoms with E-state index in [-0.39, 0.29) is 23.5 Å². The van der Waals surface area contributed by atoms with Gasteiger partial charge in [0.2, 0.25) is 5.89 Å². The molecule has 0 saturated carbocycles. The molecule has 4 heterocycles. The SMILES string of the molecule is Cc1noc(C2CCN(C(=O)c3sc(NC(=O)c4ccco4)cc3C)CC2)n1. The summed E-state index contributed by atoms with van der Waals surface area (Å²) in [6.07, 6.45) is 3.03. The van der Waals surface area contributed by atoms with Gasteiger partial charge in [0.25, 0.3) is 11.8 Å². The van der Waals surface area contributed by atoms with Crippen molar-refractivity contribution in [1.82, 2.24) is 15.0 Å². The predicted molar refractivity (Wildman–Crippen MR) is 103 cm³/mol. The number of carbonyl (C=O) groups excluding carboxylic acids is 2. The first-order valence-corrected chi connectivity index (χ1v) is 9.87. The predicted octanol–water partition coefficient (Wildman–Crippen LogP) is 3.61. The van der Waals surface area contributed by atoms with Crippen molar-refractivity contribution in [2.75, 3.05) is 18.4 Å². The summed E-state index contributed by atoms with van der Waals surface area (Å²) >= 11 is 1.28. The number of nitrogens with zero attached hydrogens (tertiary/aromatic N) is 3.